The monoisotopic (exact) mass is 360 g/mol. The van der Waals surface area contributed by atoms with Gasteiger partial charge in [-0.15, -0.1) is 0 Å². The molecule has 25 heavy (non-hydrogen) atoms. The highest BCUT2D eigenvalue weighted by molar-refractivity contribution is 4.49. The van der Waals surface area contributed by atoms with Crippen LogP contribution in [0.1, 0.15) is 99.8 Å². The van der Waals surface area contributed by atoms with Crippen molar-refractivity contribution in [1.82, 2.24) is 0 Å². The quantitative estimate of drug-likeness (QED) is 0.234. The van der Waals surface area contributed by atoms with Crippen molar-refractivity contribution in [3.8, 4) is 0 Å². The summed E-state index contributed by atoms with van der Waals surface area (Å²) in [5, 5.41) is 0. The summed E-state index contributed by atoms with van der Waals surface area (Å²) >= 11 is 0. The van der Waals surface area contributed by atoms with E-state index in [1.54, 1.807) is 0 Å². The number of unbranched alkanes of at least 4 members (excludes halogenated alkanes) is 4. The Hall–Kier alpha value is -0.120. The van der Waals surface area contributed by atoms with Crippen molar-refractivity contribution in [1.29, 1.82) is 0 Å². The van der Waals surface area contributed by atoms with Crippen molar-refractivity contribution in [3.63, 3.8) is 0 Å². The average Bonchev–Trinajstić information content (AvgIpc) is 2.61. The van der Waals surface area contributed by atoms with Crippen LogP contribution in [0.5, 0.6) is 0 Å². The van der Waals surface area contributed by atoms with Crippen LogP contribution in [0.3, 0.4) is 0 Å². The van der Waals surface area contributed by atoms with Gasteiger partial charge in [-0.1, -0.05) is 53.4 Å². The van der Waals surface area contributed by atoms with Gasteiger partial charge in [-0.25, -0.2) is 0 Å². The summed E-state index contributed by atoms with van der Waals surface area (Å²) in [6.45, 7) is 22.3. The van der Waals surface area contributed by atoms with Gasteiger partial charge in [0.25, 0.3) is 0 Å². The van der Waals surface area contributed by atoms with Crippen LogP contribution in [0, 0.1) is 0 Å². The second kappa shape index (κ2) is 20.2. The zero-order chi connectivity index (χ0) is 19.4. The Morgan fingerprint density at radius 2 is 0.840 bits per heavy atom. The lowest BCUT2D eigenvalue weighted by Gasteiger charge is -2.39. The molecule has 0 aliphatic heterocycles. The smallest absolute Gasteiger partial charge is 0.154 e. The maximum absolute atomic E-state index is 5.06. The van der Waals surface area contributed by atoms with Gasteiger partial charge in [0.15, 0.2) is 6.29 Å². The molecule has 0 atom stereocenters. The van der Waals surface area contributed by atoms with Gasteiger partial charge in [0.1, 0.15) is 0 Å². The van der Waals surface area contributed by atoms with Gasteiger partial charge < -0.3 is 14.0 Å². The minimum atomic E-state index is -0.0370. The van der Waals surface area contributed by atoms with Gasteiger partial charge in [-0.05, 0) is 46.5 Å². The van der Waals surface area contributed by atoms with Gasteiger partial charge in [-0.2, -0.15) is 0 Å². The van der Waals surface area contributed by atoms with Crippen molar-refractivity contribution in [2.24, 2.45) is 0 Å². The molecule has 3 nitrogen and oxygen atoms in total. The molecule has 0 rings (SSSR count). The molecule has 154 valence electrons. The fourth-order valence-electron chi connectivity index (χ4n) is 3.16. The molecule has 0 aliphatic carbocycles. The lowest BCUT2D eigenvalue weighted by Crippen LogP contribution is -2.50. The Kier molecular flexibility index (Phi) is 21.9. The molecule has 0 unspecified atom stereocenters. The molecule has 0 aromatic rings. The second-order valence-corrected chi connectivity index (χ2v) is 7.13. The minimum absolute atomic E-state index is 0.0370. The van der Waals surface area contributed by atoms with E-state index in [2.05, 4.69) is 27.7 Å². The molecule has 0 aliphatic rings. The van der Waals surface area contributed by atoms with Crippen molar-refractivity contribution >= 4 is 0 Å². The van der Waals surface area contributed by atoms with Crippen LogP contribution in [0.25, 0.3) is 0 Å². The number of hydrogen-bond donors (Lipinski definition) is 0. The topological polar surface area (TPSA) is 18.5 Å². The first kappa shape index (κ1) is 27.1. The number of quaternary nitrogens is 1. The van der Waals surface area contributed by atoms with E-state index in [9.17, 15) is 0 Å². The van der Waals surface area contributed by atoms with Crippen LogP contribution < -0.4 is 0 Å². The Morgan fingerprint density at radius 3 is 1.04 bits per heavy atom. The van der Waals surface area contributed by atoms with Crippen LogP contribution in [-0.4, -0.2) is 50.2 Å². The third kappa shape index (κ3) is 17.1. The highest BCUT2D eigenvalue weighted by Gasteiger charge is 2.24. The van der Waals surface area contributed by atoms with Gasteiger partial charge in [0, 0.05) is 13.2 Å². The molecule has 0 fully saturated rings. The van der Waals surface area contributed by atoms with E-state index in [0.717, 1.165) is 13.2 Å². The molecular weight excluding hydrogens is 310 g/mol. The standard InChI is InChI=1S/C16H36N.C6H14O2/c1-5-9-13-17(14-10-6-2,15-11-7-3)16-12-8-4;1-4-7-6(3)8-5-2/h5-16H2,1-4H3;6H,4-5H2,1-3H3/q+1;. The van der Waals surface area contributed by atoms with E-state index < -0.39 is 0 Å². The summed E-state index contributed by atoms with van der Waals surface area (Å²) in [5.41, 5.74) is 0. The molecule has 0 bridgehead atoms. The number of rotatable bonds is 16. The number of ether oxygens (including phenoxy) is 2. The third-order valence-electron chi connectivity index (χ3n) is 4.75. The summed E-state index contributed by atoms with van der Waals surface area (Å²) in [6, 6.07) is 0. The summed E-state index contributed by atoms with van der Waals surface area (Å²) in [6.07, 6.45) is 11.0. The maximum atomic E-state index is 5.06. The molecule has 0 saturated heterocycles. The average molecular weight is 361 g/mol. The molecule has 0 heterocycles. The SMILES string of the molecule is CCCC[N+](CCCC)(CCCC)CCCC.CCOC(C)OCC. The first-order chi connectivity index (χ1) is 12.1. The van der Waals surface area contributed by atoms with Crippen LogP contribution in [-0.2, 0) is 9.47 Å². The highest BCUT2D eigenvalue weighted by atomic mass is 16.7. The molecule has 0 amide bonds. The molecule has 0 saturated carbocycles. The molecular formula is C22H50NO2+. The lowest BCUT2D eigenvalue weighted by atomic mass is 10.1. The third-order valence-corrected chi connectivity index (χ3v) is 4.75. The summed E-state index contributed by atoms with van der Waals surface area (Å²) in [5.74, 6) is 0. The van der Waals surface area contributed by atoms with Gasteiger partial charge in [0.05, 0.1) is 26.2 Å². The van der Waals surface area contributed by atoms with Crippen molar-refractivity contribution in [2.75, 3.05) is 39.4 Å². The van der Waals surface area contributed by atoms with E-state index in [1.165, 1.54) is 82.0 Å². The molecule has 3 heteroatoms. The molecule has 0 spiro atoms. The number of nitrogens with zero attached hydrogens (tertiary/aromatic N) is 1. The minimum Gasteiger partial charge on any atom is -0.353 e. The van der Waals surface area contributed by atoms with Crippen LogP contribution in [0.4, 0.5) is 0 Å². The van der Waals surface area contributed by atoms with Crippen molar-refractivity contribution < 1.29 is 14.0 Å². The molecule has 0 aromatic heterocycles. The fourth-order valence-corrected chi connectivity index (χ4v) is 3.16. The van der Waals surface area contributed by atoms with E-state index in [4.69, 9.17) is 9.47 Å². The first-order valence-electron chi connectivity index (χ1n) is 11.1. The Bertz CT molecular complexity index is 203. The Labute approximate surface area is 160 Å². The van der Waals surface area contributed by atoms with E-state index in [-0.39, 0.29) is 6.29 Å². The van der Waals surface area contributed by atoms with Crippen molar-refractivity contribution in [3.05, 3.63) is 0 Å². The predicted octanol–water partition coefficient (Wildman–Crippen LogP) is 6.41. The Balaban J connectivity index is 0. The van der Waals surface area contributed by atoms with Crippen LogP contribution >= 0.6 is 0 Å². The van der Waals surface area contributed by atoms with Crippen LogP contribution in [0.15, 0.2) is 0 Å². The maximum Gasteiger partial charge on any atom is 0.154 e. The zero-order valence-corrected chi connectivity index (χ0v) is 18.7. The summed E-state index contributed by atoms with van der Waals surface area (Å²) in [7, 11) is 0. The first-order valence-corrected chi connectivity index (χ1v) is 11.1. The summed E-state index contributed by atoms with van der Waals surface area (Å²) < 4.78 is 11.5. The Morgan fingerprint density at radius 1 is 0.560 bits per heavy atom. The number of hydrogen-bond acceptors (Lipinski definition) is 2. The predicted molar refractivity (Wildman–Crippen MR) is 112 cm³/mol. The lowest BCUT2D eigenvalue weighted by molar-refractivity contribution is -0.929. The zero-order valence-electron chi connectivity index (χ0n) is 18.7. The second-order valence-electron chi connectivity index (χ2n) is 7.13. The van der Waals surface area contributed by atoms with E-state index in [0.29, 0.717) is 0 Å². The molecule has 0 N–H and O–H groups in total. The van der Waals surface area contributed by atoms with E-state index >= 15 is 0 Å². The van der Waals surface area contributed by atoms with Gasteiger partial charge >= 0.3 is 0 Å². The highest BCUT2D eigenvalue weighted by Crippen LogP contribution is 2.16. The normalized spacial score (nSPS) is 11.5. The van der Waals surface area contributed by atoms with Gasteiger partial charge in [-0.3, -0.25) is 0 Å². The molecule has 0 aromatic carbocycles. The largest absolute Gasteiger partial charge is 0.353 e. The summed E-state index contributed by atoms with van der Waals surface area (Å²) in [4.78, 5) is 0. The van der Waals surface area contributed by atoms with Crippen LogP contribution in [0.2, 0.25) is 0 Å². The molecule has 0 radical (unpaired) electrons. The van der Waals surface area contributed by atoms with Crippen molar-refractivity contribution in [2.45, 2.75) is 106 Å². The fraction of sp³-hybridized carbons (Fsp3) is 1.00. The van der Waals surface area contributed by atoms with Gasteiger partial charge in [0.2, 0.25) is 0 Å². The van der Waals surface area contributed by atoms with E-state index in [1.807, 2.05) is 20.8 Å².